The quantitative estimate of drug-likeness (QED) is 0.560. The third-order valence-corrected chi connectivity index (χ3v) is 5.48. The van der Waals surface area contributed by atoms with Gasteiger partial charge in [0.15, 0.2) is 0 Å². The van der Waals surface area contributed by atoms with E-state index in [2.05, 4.69) is 27.1 Å². The maximum absolute atomic E-state index is 12.4. The number of hydrogen-bond donors (Lipinski definition) is 4. The van der Waals surface area contributed by atoms with Gasteiger partial charge in [-0.25, -0.2) is 0 Å². The molecule has 0 radical (unpaired) electrons. The minimum atomic E-state index is -0.458. The van der Waals surface area contributed by atoms with Crippen molar-refractivity contribution in [2.75, 3.05) is 30.8 Å². The summed E-state index contributed by atoms with van der Waals surface area (Å²) < 4.78 is 2.12. The summed E-state index contributed by atoms with van der Waals surface area (Å²) in [4.78, 5) is 14.7. The number of rotatable bonds is 8. The Balaban J connectivity index is 1.98. The Morgan fingerprint density at radius 2 is 2.00 bits per heavy atom. The van der Waals surface area contributed by atoms with Gasteiger partial charge in [0.1, 0.15) is 11.4 Å². The number of nitrogens with zero attached hydrogens (tertiary/aromatic N) is 2. The number of nitrogens with two attached hydrogens (primary N) is 2. The van der Waals surface area contributed by atoms with Gasteiger partial charge in [-0.05, 0) is 51.9 Å². The molecule has 0 saturated carbocycles. The number of benzene rings is 1. The molecule has 3 atom stereocenters. The molecule has 3 rings (SSSR count). The first-order valence-electron chi connectivity index (χ1n) is 9.90. The Hall–Kier alpha value is -2.51. The van der Waals surface area contributed by atoms with Crippen molar-refractivity contribution in [3.05, 3.63) is 42.1 Å². The highest BCUT2D eigenvalue weighted by Crippen LogP contribution is 2.32. The van der Waals surface area contributed by atoms with Crippen molar-refractivity contribution < 1.29 is 4.79 Å². The van der Waals surface area contributed by atoms with Gasteiger partial charge in [-0.3, -0.25) is 4.79 Å². The van der Waals surface area contributed by atoms with Crippen molar-refractivity contribution >= 4 is 23.1 Å². The second-order valence-corrected chi connectivity index (χ2v) is 7.98. The topological polar surface area (TPSA) is 101 Å². The van der Waals surface area contributed by atoms with Gasteiger partial charge in [0.05, 0.1) is 5.69 Å². The number of carbonyl (C=O) groups is 1. The van der Waals surface area contributed by atoms with Crippen molar-refractivity contribution in [2.45, 2.75) is 38.9 Å². The molecule has 1 amide bonds. The van der Waals surface area contributed by atoms with Gasteiger partial charge in [0.25, 0.3) is 5.91 Å². The minimum absolute atomic E-state index is 0.0103. The lowest BCUT2D eigenvalue weighted by Crippen LogP contribution is -2.35. The maximum atomic E-state index is 12.4. The van der Waals surface area contributed by atoms with E-state index < -0.39 is 5.91 Å². The Bertz CT molecular complexity index is 801. The average Bonchev–Trinajstić information content (AvgIpc) is 3.19. The zero-order valence-corrected chi connectivity index (χ0v) is 17.0. The third-order valence-electron chi connectivity index (χ3n) is 5.48. The van der Waals surface area contributed by atoms with Crippen LogP contribution in [-0.4, -0.2) is 47.6 Å². The van der Waals surface area contributed by atoms with Crippen LogP contribution in [0.15, 0.2) is 36.5 Å². The molecular formula is C21H32N6O. The lowest BCUT2D eigenvalue weighted by molar-refractivity contribution is 0.100. The van der Waals surface area contributed by atoms with Crippen LogP contribution in [0.25, 0.3) is 0 Å². The number of carbonyl (C=O) groups excluding carboxylic acids is 1. The third kappa shape index (κ3) is 4.66. The Morgan fingerprint density at radius 3 is 2.57 bits per heavy atom. The molecule has 3 unspecified atom stereocenters. The standard InChI is InChI=1S/C21H32N6O/c1-14(22)15(2)24-18-13-27(12-16-9-10-26(3)11-16)21(19(18)20(23)28)25-17-7-5-4-6-8-17/h4-8,13-16,24-25H,9-12,22H2,1-3H3,(H2,23,28). The van der Waals surface area contributed by atoms with Crippen molar-refractivity contribution in [2.24, 2.45) is 17.4 Å². The summed E-state index contributed by atoms with van der Waals surface area (Å²) in [6.07, 6.45) is 3.13. The van der Waals surface area contributed by atoms with Crippen molar-refractivity contribution in [1.29, 1.82) is 0 Å². The summed E-state index contributed by atoms with van der Waals surface area (Å²) in [5.41, 5.74) is 13.9. The summed E-state index contributed by atoms with van der Waals surface area (Å²) in [6, 6.07) is 9.79. The second kappa shape index (κ2) is 8.67. The smallest absolute Gasteiger partial charge is 0.254 e. The fourth-order valence-electron chi connectivity index (χ4n) is 3.68. The van der Waals surface area contributed by atoms with Crippen molar-refractivity contribution in [3.8, 4) is 0 Å². The first-order chi connectivity index (χ1) is 13.3. The van der Waals surface area contributed by atoms with Gasteiger partial charge in [0.2, 0.25) is 0 Å². The molecule has 1 aromatic heterocycles. The molecule has 2 heterocycles. The van der Waals surface area contributed by atoms with E-state index in [-0.39, 0.29) is 12.1 Å². The number of anilines is 3. The predicted molar refractivity (Wildman–Crippen MR) is 115 cm³/mol. The number of likely N-dealkylation sites (tertiary alicyclic amines) is 1. The molecule has 1 fully saturated rings. The SMILES string of the molecule is CC(N)C(C)Nc1cn(CC2CCN(C)C2)c(Nc2ccccc2)c1C(N)=O. The molecule has 1 aliphatic rings. The molecule has 152 valence electrons. The largest absolute Gasteiger partial charge is 0.379 e. The number of amides is 1. The Kier molecular flexibility index (Phi) is 6.26. The van der Waals surface area contributed by atoms with Crippen LogP contribution in [-0.2, 0) is 6.54 Å². The van der Waals surface area contributed by atoms with Gasteiger partial charge >= 0.3 is 0 Å². The molecule has 7 heteroatoms. The Morgan fingerprint density at radius 1 is 1.29 bits per heavy atom. The molecule has 6 N–H and O–H groups in total. The first-order valence-corrected chi connectivity index (χ1v) is 9.90. The molecular weight excluding hydrogens is 352 g/mol. The molecule has 1 saturated heterocycles. The van der Waals surface area contributed by atoms with Crippen molar-refractivity contribution in [3.63, 3.8) is 0 Å². The molecule has 0 spiro atoms. The van der Waals surface area contributed by atoms with Crippen LogP contribution in [0.5, 0.6) is 0 Å². The highest BCUT2D eigenvalue weighted by Gasteiger charge is 2.26. The van der Waals surface area contributed by atoms with E-state index in [0.29, 0.717) is 11.5 Å². The normalized spacial score (nSPS) is 19.4. The molecule has 2 aromatic rings. The molecule has 1 aliphatic heterocycles. The average molecular weight is 385 g/mol. The van der Waals surface area contributed by atoms with E-state index in [1.165, 1.54) is 0 Å². The maximum Gasteiger partial charge on any atom is 0.254 e. The van der Waals surface area contributed by atoms with Crippen LogP contribution in [0, 0.1) is 5.92 Å². The van der Waals surface area contributed by atoms with E-state index >= 15 is 0 Å². The van der Waals surface area contributed by atoms with Crippen LogP contribution < -0.4 is 22.1 Å². The number of primary amides is 1. The van der Waals surface area contributed by atoms with Crippen LogP contribution in [0.4, 0.5) is 17.2 Å². The van der Waals surface area contributed by atoms with Gasteiger partial charge < -0.3 is 31.6 Å². The minimum Gasteiger partial charge on any atom is -0.379 e. The highest BCUT2D eigenvalue weighted by atomic mass is 16.1. The van der Waals surface area contributed by atoms with Gasteiger partial charge in [0, 0.05) is 37.1 Å². The van der Waals surface area contributed by atoms with E-state index in [4.69, 9.17) is 11.5 Å². The zero-order chi connectivity index (χ0) is 20.3. The molecule has 0 bridgehead atoms. The van der Waals surface area contributed by atoms with Crippen molar-refractivity contribution in [1.82, 2.24) is 9.47 Å². The van der Waals surface area contributed by atoms with Crippen LogP contribution in [0.1, 0.15) is 30.6 Å². The zero-order valence-electron chi connectivity index (χ0n) is 17.0. The van der Waals surface area contributed by atoms with E-state index in [1.807, 2.05) is 50.4 Å². The van der Waals surface area contributed by atoms with E-state index in [0.717, 1.165) is 43.2 Å². The summed E-state index contributed by atoms with van der Waals surface area (Å²) in [7, 11) is 2.14. The summed E-state index contributed by atoms with van der Waals surface area (Å²) in [6.45, 7) is 6.92. The van der Waals surface area contributed by atoms with E-state index in [9.17, 15) is 4.79 Å². The molecule has 1 aromatic carbocycles. The second-order valence-electron chi connectivity index (χ2n) is 7.98. The van der Waals surface area contributed by atoms with Crippen LogP contribution >= 0.6 is 0 Å². The predicted octanol–water partition coefficient (Wildman–Crippen LogP) is 2.43. The molecule has 28 heavy (non-hydrogen) atoms. The highest BCUT2D eigenvalue weighted by molar-refractivity contribution is 6.04. The fourth-order valence-corrected chi connectivity index (χ4v) is 3.68. The van der Waals surface area contributed by atoms with Gasteiger partial charge in [-0.2, -0.15) is 0 Å². The van der Waals surface area contributed by atoms with Gasteiger partial charge in [-0.15, -0.1) is 0 Å². The monoisotopic (exact) mass is 384 g/mol. The number of aromatic nitrogens is 1. The summed E-state index contributed by atoms with van der Waals surface area (Å²) in [5.74, 6) is 0.806. The number of hydrogen-bond acceptors (Lipinski definition) is 5. The Labute approximate surface area is 167 Å². The van der Waals surface area contributed by atoms with Crippen LogP contribution in [0.3, 0.4) is 0 Å². The lowest BCUT2D eigenvalue weighted by Gasteiger charge is -2.18. The van der Waals surface area contributed by atoms with Crippen LogP contribution in [0.2, 0.25) is 0 Å². The number of nitrogens with one attached hydrogen (secondary N) is 2. The fraction of sp³-hybridized carbons (Fsp3) is 0.476. The number of para-hydroxylation sites is 1. The lowest BCUT2D eigenvalue weighted by atomic mass is 10.1. The summed E-state index contributed by atoms with van der Waals surface area (Å²) in [5, 5.41) is 6.78. The molecule has 7 nitrogen and oxygen atoms in total. The summed E-state index contributed by atoms with van der Waals surface area (Å²) >= 11 is 0. The van der Waals surface area contributed by atoms with Gasteiger partial charge in [-0.1, -0.05) is 18.2 Å². The van der Waals surface area contributed by atoms with E-state index in [1.54, 1.807) is 0 Å². The first kappa shape index (κ1) is 20.2. The molecule has 0 aliphatic carbocycles.